The first kappa shape index (κ1) is 25.2. The average Bonchev–Trinajstić information content (AvgIpc) is 3.24. The molecule has 7 nitrogen and oxygen atoms in total. The van der Waals surface area contributed by atoms with E-state index in [0.29, 0.717) is 5.56 Å². The monoisotopic (exact) mass is 504 g/mol. The van der Waals surface area contributed by atoms with E-state index in [1.165, 1.54) is 11.6 Å². The van der Waals surface area contributed by atoms with Gasteiger partial charge in [-0.05, 0) is 55.4 Å². The van der Waals surface area contributed by atoms with E-state index in [9.17, 15) is 34.8 Å². The smallest absolute Gasteiger partial charge is 0.209 e. The van der Waals surface area contributed by atoms with Crippen LogP contribution in [0, 0.1) is 10.8 Å². The lowest BCUT2D eigenvalue weighted by Gasteiger charge is -2.56. The van der Waals surface area contributed by atoms with Crippen molar-refractivity contribution in [3.63, 3.8) is 0 Å². The molecule has 7 heteroatoms. The van der Waals surface area contributed by atoms with Crippen molar-refractivity contribution in [2.75, 3.05) is 0 Å². The minimum Gasteiger partial charge on any atom is -0.511 e. The van der Waals surface area contributed by atoms with Gasteiger partial charge in [-0.3, -0.25) is 14.4 Å². The molecule has 0 bridgehead atoms. The number of aliphatic hydroxyl groups excluding tert-OH is 2. The molecule has 0 unspecified atom stereocenters. The number of aliphatic hydroxyl groups is 3. The molecule has 0 radical (unpaired) electrons. The summed E-state index contributed by atoms with van der Waals surface area (Å²) in [5.41, 5.74) is -1.68. The summed E-state index contributed by atoms with van der Waals surface area (Å²) in [6.45, 7) is 6.61. The van der Waals surface area contributed by atoms with E-state index in [-0.39, 0.29) is 36.1 Å². The first-order chi connectivity index (χ1) is 17.3. The molecule has 0 saturated carbocycles. The molecule has 0 spiro atoms. The fourth-order valence-electron chi connectivity index (χ4n) is 7.21. The summed E-state index contributed by atoms with van der Waals surface area (Å²) < 4.78 is 0. The topological polar surface area (TPSA) is 132 Å². The Labute approximate surface area is 215 Å². The summed E-state index contributed by atoms with van der Waals surface area (Å²) >= 11 is 0. The predicted octanol–water partition coefficient (Wildman–Crippen LogP) is 4.98. The van der Waals surface area contributed by atoms with Gasteiger partial charge in [-0.2, -0.15) is 0 Å². The Morgan fingerprint density at radius 3 is 2.41 bits per heavy atom. The fraction of sp³-hybridized carbons (Fsp3) is 0.433. The van der Waals surface area contributed by atoms with Gasteiger partial charge in [0.1, 0.15) is 22.8 Å². The van der Waals surface area contributed by atoms with E-state index < -0.39 is 50.9 Å². The van der Waals surface area contributed by atoms with Crippen LogP contribution in [0.25, 0.3) is 5.57 Å². The molecule has 4 N–H and O–H groups in total. The molecule has 1 aromatic carbocycles. The molecule has 0 aliphatic heterocycles. The van der Waals surface area contributed by atoms with E-state index >= 15 is 0 Å². The summed E-state index contributed by atoms with van der Waals surface area (Å²) in [5, 5.41) is 44.6. The molecule has 3 atom stereocenters. The number of fused-ring (bicyclic) bond motifs is 3. The maximum atomic E-state index is 14.0. The Bertz CT molecular complexity index is 1420. The van der Waals surface area contributed by atoms with Gasteiger partial charge in [0.05, 0.1) is 5.56 Å². The van der Waals surface area contributed by atoms with Gasteiger partial charge in [0, 0.05) is 22.8 Å². The van der Waals surface area contributed by atoms with E-state index in [2.05, 4.69) is 13.0 Å². The van der Waals surface area contributed by atoms with Crippen LogP contribution in [0.5, 0.6) is 5.75 Å². The molecular weight excluding hydrogens is 472 g/mol. The maximum absolute atomic E-state index is 14.0. The summed E-state index contributed by atoms with van der Waals surface area (Å²) in [6, 6.07) is 3.28. The summed E-state index contributed by atoms with van der Waals surface area (Å²) in [7, 11) is 0. The number of Topliss-reactive ketones (excluding diaryl/α,β-unsaturated/α-hetero) is 3. The number of carbonyl (C=O) groups excluding carboxylic acids is 3. The first-order valence-corrected chi connectivity index (χ1v) is 12.7. The van der Waals surface area contributed by atoms with Crippen LogP contribution in [0.4, 0.5) is 0 Å². The standard InChI is InChI=1S/C30H32O7/c1-5-6-16-7-8-17(11-16)18-9-10-20(32)23-19(18)12-28(3)14-29(4)13-21(33)22(15(2)31)26(35)30(29,37)27(36)24(28)25(23)34/h7-10,32-33,36-37H,5-6,11-14H2,1-4H3/t28-,29+,30+/m1/s1. The van der Waals surface area contributed by atoms with Crippen LogP contribution >= 0.6 is 0 Å². The van der Waals surface area contributed by atoms with Gasteiger partial charge in [0.2, 0.25) is 5.78 Å². The zero-order valence-electron chi connectivity index (χ0n) is 21.6. The molecule has 0 heterocycles. The van der Waals surface area contributed by atoms with Crippen molar-refractivity contribution in [3.05, 3.63) is 69.2 Å². The fourth-order valence-corrected chi connectivity index (χ4v) is 7.21. The highest BCUT2D eigenvalue weighted by Gasteiger charge is 2.67. The Balaban J connectivity index is 1.69. The second-order valence-electron chi connectivity index (χ2n) is 11.6. The van der Waals surface area contributed by atoms with E-state index in [0.717, 1.165) is 37.3 Å². The van der Waals surface area contributed by atoms with Crippen LogP contribution < -0.4 is 0 Å². The number of allylic oxidation sites excluding steroid dienone is 6. The molecule has 1 aromatic rings. The Morgan fingerprint density at radius 2 is 1.76 bits per heavy atom. The molecule has 4 aliphatic carbocycles. The summed E-state index contributed by atoms with van der Waals surface area (Å²) in [6.07, 6.45) is 7.05. The largest absolute Gasteiger partial charge is 0.511 e. The zero-order valence-corrected chi connectivity index (χ0v) is 21.6. The SMILES string of the molecule is CCCC1=CC=C(c2ccc(O)c3c2C[C@]2(C)C[C@]4(C)CC(O)=C(C(C)=O)C(=O)[C@]4(O)C(O)=C2C3=O)C1. The third-order valence-electron chi connectivity index (χ3n) is 8.76. The summed E-state index contributed by atoms with van der Waals surface area (Å²) in [4.78, 5) is 39.5. The van der Waals surface area contributed by atoms with Crippen molar-refractivity contribution in [3.8, 4) is 5.75 Å². The number of rotatable bonds is 4. The molecule has 0 aromatic heterocycles. The number of aromatic hydroxyl groups is 1. The normalized spacial score (nSPS) is 31.1. The van der Waals surface area contributed by atoms with E-state index in [1.807, 2.05) is 12.1 Å². The third kappa shape index (κ3) is 3.26. The maximum Gasteiger partial charge on any atom is 0.209 e. The molecular formula is C30H32O7. The highest BCUT2D eigenvalue weighted by atomic mass is 16.3. The quantitative estimate of drug-likeness (QED) is 0.425. The minimum atomic E-state index is -2.55. The number of ketones is 3. The summed E-state index contributed by atoms with van der Waals surface area (Å²) in [5.74, 6) is -3.94. The number of benzene rings is 1. The predicted molar refractivity (Wildman–Crippen MR) is 137 cm³/mol. The van der Waals surface area contributed by atoms with Gasteiger partial charge in [0.15, 0.2) is 17.2 Å². The first-order valence-electron chi connectivity index (χ1n) is 12.7. The van der Waals surface area contributed by atoms with E-state index in [1.54, 1.807) is 13.8 Å². The Kier molecular flexibility index (Phi) is 5.47. The van der Waals surface area contributed by atoms with Gasteiger partial charge in [-0.1, -0.05) is 51.0 Å². The van der Waals surface area contributed by atoms with E-state index in [4.69, 9.17) is 0 Å². The van der Waals surface area contributed by atoms with Crippen LogP contribution in [0.3, 0.4) is 0 Å². The van der Waals surface area contributed by atoms with Crippen LogP contribution in [-0.4, -0.2) is 43.4 Å². The van der Waals surface area contributed by atoms with Crippen molar-refractivity contribution in [1.29, 1.82) is 0 Å². The molecule has 5 rings (SSSR count). The second kappa shape index (κ2) is 8.02. The van der Waals surface area contributed by atoms with Gasteiger partial charge in [-0.15, -0.1) is 0 Å². The van der Waals surface area contributed by atoms with Crippen LogP contribution in [0.2, 0.25) is 0 Å². The van der Waals surface area contributed by atoms with Gasteiger partial charge in [0.25, 0.3) is 0 Å². The number of hydrogen-bond donors (Lipinski definition) is 4. The molecule has 0 saturated heterocycles. The third-order valence-corrected chi connectivity index (χ3v) is 8.76. The number of phenolic OH excluding ortho intramolecular Hbond substituents is 1. The minimum absolute atomic E-state index is 0.0574. The number of hydrogen-bond acceptors (Lipinski definition) is 7. The lowest BCUT2D eigenvalue weighted by molar-refractivity contribution is -0.158. The van der Waals surface area contributed by atoms with Crippen molar-refractivity contribution < 1.29 is 34.8 Å². The molecule has 37 heavy (non-hydrogen) atoms. The van der Waals surface area contributed by atoms with Crippen molar-refractivity contribution >= 4 is 22.9 Å². The number of phenols is 1. The van der Waals surface area contributed by atoms with Gasteiger partial charge < -0.3 is 20.4 Å². The molecule has 4 aliphatic rings. The molecule has 194 valence electrons. The average molecular weight is 505 g/mol. The van der Waals surface area contributed by atoms with Gasteiger partial charge in [-0.25, -0.2) is 0 Å². The van der Waals surface area contributed by atoms with Crippen molar-refractivity contribution in [1.82, 2.24) is 0 Å². The zero-order chi connectivity index (χ0) is 27.1. The number of carbonyl (C=O) groups is 3. The lowest BCUT2D eigenvalue weighted by atomic mass is 9.48. The Morgan fingerprint density at radius 1 is 1.05 bits per heavy atom. The van der Waals surface area contributed by atoms with Gasteiger partial charge >= 0.3 is 0 Å². The van der Waals surface area contributed by atoms with Crippen LogP contribution in [0.1, 0.15) is 81.3 Å². The van der Waals surface area contributed by atoms with Crippen LogP contribution in [0.15, 0.2) is 52.5 Å². The second-order valence-corrected chi connectivity index (χ2v) is 11.6. The van der Waals surface area contributed by atoms with Crippen LogP contribution in [-0.2, 0) is 16.0 Å². The lowest BCUT2D eigenvalue weighted by Crippen LogP contribution is -2.63. The highest BCUT2D eigenvalue weighted by molar-refractivity contribution is 6.25. The Hall–Kier alpha value is -3.45. The molecule has 0 fully saturated rings. The van der Waals surface area contributed by atoms with Crippen molar-refractivity contribution in [2.45, 2.75) is 71.8 Å². The highest BCUT2D eigenvalue weighted by Crippen LogP contribution is 2.62. The van der Waals surface area contributed by atoms with Crippen molar-refractivity contribution in [2.24, 2.45) is 10.8 Å². The molecule has 0 amide bonds.